The van der Waals surface area contributed by atoms with E-state index in [1.165, 1.54) is 11.3 Å². The lowest BCUT2D eigenvalue weighted by Crippen LogP contribution is -2.40. The fraction of sp³-hybridized carbons (Fsp3) is 0.500. The molecule has 0 spiro atoms. The molecule has 2 aliphatic rings. The Kier molecular flexibility index (Phi) is 5.31. The first kappa shape index (κ1) is 18.9. The summed E-state index contributed by atoms with van der Waals surface area (Å²) in [7, 11) is 3.75. The Morgan fingerprint density at radius 1 is 1.29 bits per heavy atom. The van der Waals surface area contributed by atoms with Gasteiger partial charge in [-0.3, -0.25) is 4.79 Å². The summed E-state index contributed by atoms with van der Waals surface area (Å²) in [5, 5.41) is 0. The number of para-hydroxylation sites is 1. The van der Waals surface area contributed by atoms with Crippen LogP contribution in [-0.2, 0) is 13.0 Å². The van der Waals surface area contributed by atoms with Gasteiger partial charge in [0.1, 0.15) is 11.6 Å². The zero-order chi connectivity index (χ0) is 19.7. The smallest absolute Gasteiger partial charge is 0.257 e. The second kappa shape index (κ2) is 7.87. The van der Waals surface area contributed by atoms with Crippen molar-refractivity contribution in [3.05, 3.63) is 52.6 Å². The highest BCUT2D eigenvalue weighted by atomic mass is 16.5. The molecule has 0 bridgehead atoms. The van der Waals surface area contributed by atoms with E-state index in [-0.39, 0.29) is 11.8 Å². The first-order chi connectivity index (χ1) is 13.6. The van der Waals surface area contributed by atoms with E-state index in [2.05, 4.69) is 16.9 Å². The maximum absolute atomic E-state index is 13.2. The van der Waals surface area contributed by atoms with Crippen LogP contribution in [0.2, 0.25) is 0 Å². The van der Waals surface area contributed by atoms with E-state index in [1.54, 1.807) is 7.11 Å². The van der Waals surface area contributed by atoms with Crippen LogP contribution in [0.5, 0.6) is 5.75 Å². The Hall–Kier alpha value is -2.47. The second-order valence-corrected chi connectivity index (χ2v) is 7.93. The number of aryl methyl sites for hydroxylation is 1. The summed E-state index contributed by atoms with van der Waals surface area (Å²) < 4.78 is 5.49. The van der Waals surface area contributed by atoms with Crippen molar-refractivity contribution in [1.82, 2.24) is 19.8 Å². The van der Waals surface area contributed by atoms with Crippen LogP contribution in [0.25, 0.3) is 0 Å². The molecule has 1 saturated heterocycles. The number of benzene rings is 1. The number of rotatable bonds is 3. The number of methoxy groups -OCH3 is 1. The molecule has 0 radical (unpaired) electrons. The molecular formula is C22H28N4O2. The van der Waals surface area contributed by atoms with Crippen molar-refractivity contribution in [2.45, 2.75) is 38.6 Å². The van der Waals surface area contributed by atoms with Crippen LogP contribution in [0, 0.1) is 6.92 Å². The number of piperidine rings is 1. The number of nitrogens with zero attached hydrogens (tertiary/aromatic N) is 4. The largest absolute Gasteiger partial charge is 0.496 e. The number of aromatic nitrogens is 2. The fourth-order valence-electron chi connectivity index (χ4n) is 4.30. The fourth-order valence-corrected chi connectivity index (χ4v) is 4.30. The SMILES string of the molecule is COc1c(C)cccc1C(=O)N1CCC[C@@H](c2ncc3c(n2)CCN(C)C3)C1. The molecule has 3 heterocycles. The predicted molar refractivity (Wildman–Crippen MR) is 108 cm³/mol. The number of carbonyl (C=O) groups excluding carboxylic acids is 1. The normalized spacial score (nSPS) is 20.0. The van der Waals surface area contributed by atoms with E-state index >= 15 is 0 Å². The van der Waals surface area contributed by atoms with Crippen molar-refractivity contribution in [2.75, 3.05) is 33.8 Å². The Morgan fingerprint density at radius 3 is 2.96 bits per heavy atom. The van der Waals surface area contributed by atoms with Gasteiger partial charge >= 0.3 is 0 Å². The van der Waals surface area contributed by atoms with Gasteiger partial charge in [-0.25, -0.2) is 9.97 Å². The van der Waals surface area contributed by atoms with Crippen molar-refractivity contribution in [1.29, 1.82) is 0 Å². The molecule has 28 heavy (non-hydrogen) atoms. The van der Waals surface area contributed by atoms with E-state index in [1.807, 2.05) is 36.2 Å². The quantitative estimate of drug-likeness (QED) is 0.820. The number of carbonyl (C=O) groups is 1. The van der Waals surface area contributed by atoms with Gasteiger partial charge in [0.25, 0.3) is 5.91 Å². The summed E-state index contributed by atoms with van der Waals surface area (Å²) in [5.74, 6) is 1.78. The highest BCUT2D eigenvalue weighted by Crippen LogP contribution is 2.30. The molecule has 2 aliphatic heterocycles. The minimum absolute atomic E-state index is 0.0323. The van der Waals surface area contributed by atoms with Gasteiger partial charge in [-0.2, -0.15) is 0 Å². The van der Waals surface area contributed by atoms with Gasteiger partial charge in [0, 0.05) is 56.0 Å². The third kappa shape index (κ3) is 3.61. The van der Waals surface area contributed by atoms with Gasteiger partial charge in [0.2, 0.25) is 0 Å². The topological polar surface area (TPSA) is 58.6 Å². The number of hydrogen-bond acceptors (Lipinski definition) is 5. The summed E-state index contributed by atoms with van der Waals surface area (Å²) >= 11 is 0. The van der Waals surface area contributed by atoms with Gasteiger partial charge in [-0.05, 0) is 38.4 Å². The lowest BCUT2D eigenvalue weighted by atomic mass is 9.95. The van der Waals surface area contributed by atoms with Crippen molar-refractivity contribution < 1.29 is 9.53 Å². The van der Waals surface area contributed by atoms with Crippen LogP contribution < -0.4 is 4.74 Å². The van der Waals surface area contributed by atoms with E-state index in [4.69, 9.17) is 9.72 Å². The summed E-state index contributed by atoms with van der Waals surface area (Å²) in [4.78, 5) is 27.0. The Labute approximate surface area is 166 Å². The molecule has 1 amide bonds. The minimum Gasteiger partial charge on any atom is -0.496 e. The monoisotopic (exact) mass is 380 g/mol. The summed E-state index contributed by atoms with van der Waals surface area (Å²) in [6, 6.07) is 5.73. The average molecular weight is 380 g/mol. The molecule has 1 aromatic carbocycles. The van der Waals surface area contributed by atoms with E-state index in [0.29, 0.717) is 17.9 Å². The lowest BCUT2D eigenvalue weighted by molar-refractivity contribution is 0.0701. The van der Waals surface area contributed by atoms with Crippen molar-refractivity contribution in [3.63, 3.8) is 0 Å². The van der Waals surface area contributed by atoms with Crippen molar-refractivity contribution >= 4 is 5.91 Å². The number of fused-ring (bicyclic) bond motifs is 1. The van der Waals surface area contributed by atoms with Gasteiger partial charge in [0.15, 0.2) is 0 Å². The molecule has 1 atom stereocenters. The maximum atomic E-state index is 13.2. The van der Waals surface area contributed by atoms with Crippen LogP contribution in [0.1, 0.15) is 51.8 Å². The number of hydrogen-bond donors (Lipinski definition) is 0. The number of likely N-dealkylation sites (N-methyl/N-ethyl adjacent to an activating group) is 1. The van der Waals surface area contributed by atoms with E-state index < -0.39 is 0 Å². The highest BCUT2D eigenvalue weighted by molar-refractivity contribution is 5.97. The zero-order valence-electron chi connectivity index (χ0n) is 16.9. The molecule has 0 aliphatic carbocycles. The molecule has 1 fully saturated rings. The lowest BCUT2D eigenvalue weighted by Gasteiger charge is -2.33. The molecule has 6 heteroatoms. The molecule has 0 saturated carbocycles. The maximum Gasteiger partial charge on any atom is 0.257 e. The van der Waals surface area contributed by atoms with Gasteiger partial charge in [-0.1, -0.05) is 12.1 Å². The Balaban J connectivity index is 1.54. The van der Waals surface area contributed by atoms with Gasteiger partial charge in [-0.15, -0.1) is 0 Å². The Morgan fingerprint density at radius 2 is 2.14 bits per heavy atom. The molecule has 6 nitrogen and oxygen atoms in total. The molecule has 148 valence electrons. The molecule has 0 N–H and O–H groups in total. The molecule has 2 aromatic rings. The van der Waals surface area contributed by atoms with E-state index in [0.717, 1.165) is 50.3 Å². The standard InChI is InChI=1S/C22H28N4O2/c1-15-6-4-8-18(20(15)28-3)22(27)26-10-5-7-16(14-26)21-23-12-17-13-25(2)11-9-19(17)24-21/h4,6,8,12,16H,5,7,9-11,13-14H2,1-3H3/t16-/m1/s1. The molecule has 4 rings (SSSR count). The van der Waals surface area contributed by atoms with Crippen molar-refractivity contribution in [3.8, 4) is 5.75 Å². The van der Waals surface area contributed by atoms with Gasteiger partial charge < -0.3 is 14.5 Å². The van der Waals surface area contributed by atoms with Crippen LogP contribution in [0.3, 0.4) is 0 Å². The number of ether oxygens (including phenoxy) is 1. The zero-order valence-corrected chi connectivity index (χ0v) is 16.9. The third-order valence-electron chi connectivity index (χ3n) is 5.86. The Bertz CT molecular complexity index is 883. The summed E-state index contributed by atoms with van der Waals surface area (Å²) in [5.41, 5.74) is 4.01. The molecule has 1 aromatic heterocycles. The average Bonchev–Trinajstić information content (AvgIpc) is 2.72. The van der Waals surface area contributed by atoms with Crippen LogP contribution >= 0.6 is 0 Å². The predicted octanol–water partition coefficient (Wildman–Crippen LogP) is 2.80. The van der Waals surface area contributed by atoms with E-state index in [9.17, 15) is 4.79 Å². The number of likely N-dealkylation sites (tertiary alicyclic amines) is 1. The molecular weight excluding hydrogens is 352 g/mol. The number of amides is 1. The first-order valence-electron chi connectivity index (χ1n) is 10.0. The van der Waals surface area contributed by atoms with Crippen LogP contribution in [0.15, 0.2) is 24.4 Å². The summed E-state index contributed by atoms with van der Waals surface area (Å²) in [6.45, 7) is 5.34. The second-order valence-electron chi connectivity index (χ2n) is 7.93. The highest BCUT2D eigenvalue weighted by Gasteiger charge is 2.29. The third-order valence-corrected chi connectivity index (χ3v) is 5.86. The molecule has 0 unspecified atom stereocenters. The van der Waals surface area contributed by atoms with Gasteiger partial charge in [0.05, 0.1) is 12.7 Å². The van der Waals surface area contributed by atoms with Crippen LogP contribution in [0.4, 0.5) is 0 Å². The van der Waals surface area contributed by atoms with Crippen LogP contribution in [-0.4, -0.2) is 59.5 Å². The minimum atomic E-state index is 0.0323. The summed E-state index contributed by atoms with van der Waals surface area (Å²) in [6.07, 6.45) is 4.94. The van der Waals surface area contributed by atoms with Crippen molar-refractivity contribution in [2.24, 2.45) is 0 Å². The first-order valence-corrected chi connectivity index (χ1v) is 10.0.